The average molecular weight is 274 g/mol. The molecule has 7 heteroatoms. The summed E-state index contributed by atoms with van der Waals surface area (Å²) in [4.78, 5) is 20.0. The third-order valence-electron chi connectivity index (χ3n) is 2.55. The number of nitrogens with one attached hydrogen (secondary N) is 2. The first-order valence-electron chi connectivity index (χ1n) is 5.44. The van der Waals surface area contributed by atoms with E-state index in [1.165, 1.54) is 12.5 Å². The second-order valence-corrected chi connectivity index (χ2v) is 4.29. The number of fused-ring (bicyclic) bond motifs is 1. The molecule has 2 heterocycles. The normalized spacial score (nSPS) is 10.6. The first kappa shape index (κ1) is 11.6. The molecular weight excluding hydrogens is 266 g/mol. The van der Waals surface area contributed by atoms with E-state index in [2.05, 4.69) is 25.5 Å². The molecule has 1 amide bonds. The fraction of sp³-hybridized carbons (Fsp3) is 0. The topological polar surface area (TPSA) is 83.6 Å². The van der Waals surface area contributed by atoms with Crippen LogP contribution >= 0.6 is 11.6 Å². The van der Waals surface area contributed by atoms with E-state index in [4.69, 9.17) is 11.6 Å². The number of hydrogen-bond donors (Lipinski definition) is 2. The summed E-state index contributed by atoms with van der Waals surface area (Å²) in [5.74, 6) is -0.0256. The second kappa shape index (κ2) is 4.66. The van der Waals surface area contributed by atoms with Crippen LogP contribution in [0, 0.1) is 0 Å². The first-order chi connectivity index (χ1) is 9.22. The minimum atomic E-state index is -0.314. The summed E-state index contributed by atoms with van der Waals surface area (Å²) in [7, 11) is 0. The Hall–Kier alpha value is -2.47. The molecule has 0 saturated heterocycles. The monoisotopic (exact) mass is 273 g/mol. The largest absolute Gasteiger partial charge is 0.291 e. The smallest absolute Gasteiger partial charge is 0.259 e. The van der Waals surface area contributed by atoms with Gasteiger partial charge in [-0.05, 0) is 24.3 Å². The maximum absolute atomic E-state index is 12.0. The van der Waals surface area contributed by atoms with Crippen molar-refractivity contribution in [1.29, 1.82) is 0 Å². The molecular formula is C12H8ClN5O. The van der Waals surface area contributed by atoms with Gasteiger partial charge in [0.15, 0.2) is 0 Å². The molecule has 0 aliphatic heterocycles. The van der Waals surface area contributed by atoms with E-state index in [0.29, 0.717) is 10.6 Å². The number of aromatic amines is 1. The van der Waals surface area contributed by atoms with Crippen molar-refractivity contribution < 1.29 is 4.79 Å². The molecule has 0 saturated carbocycles. The molecule has 94 valence electrons. The van der Waals surface area contributed by atoms with Gasteiger partial charge in [-0.25, -0.2) is 5.10 Å². The van der Waals surface area contributed by atoms with Gasteiger partial charge in [0.05, 0.1) is 11.1 Å². The lowest BCUT2D eigenvalue weighted by molar-refractivity contribution is 0.102. The maximum Gasteiger partial charge on any atom is 0.259 e. The Labute approximate surface area is 112 Å². The minimum absolute atomic E-state index is 0.288. The van der Waals surface area contributed by atoms with E-state index in [-0.39, 0.29) is 11.9 Å². The van der Waals surface area contributed by atoms with Gasteiger partial charge in [0, 0.05) is 16.6 Å². The first-order valence-corrected chi connectivity index (χ1v) is 5.82. The minimum Gasteiger partial charge on any atom is -0.291 e. The highest BCUT2D eigenvalue weighted by molar-refractivity contribution is 6.31. The van der Waals surface area contributed by atoms with Gasteiger partial charge in [-0.3, -0.25) is 15.1 Å². The molecule has 0 aliphatic carbocycles. The SMILES string of the molecule is O=C(Nc1ncn[nH]1)c1cnc2ccc(Cl)cc2c1. The van der Waals surface area contributed by atoms with Crippen LogP contribution in [-0.2, 0) is 0 Å². The number of pyridine rings is 1. The summed E-state index contributed by atoms with van der Waals surface area (Å²) in [5.41, 5.74) is 1.20. The van der Waals surface area contributed by atoms with Crippen LogP contribution in [0.4, 0.5) is 5.95 Å². The Morgan fingerprint density at radius 1 is 1.26 bits per heavy atom. The molecule has 2 aromatic heterocycles. The Balaban J connectivity index is 1.94. The molecule has 3 aromatic rings. The highest BCUT2D eigenvalue weighted by Gasteiger charge is 2.09. The van der Waals surface area contributed by atoms with E-state index in [1.54, 1.807) is 24.3 Å². The van der Waals surface area contributed by atoms with Crippen molar-refractivity contribution in [1.82, 2.24) is 20.2 Å². The molecule has 3 rings (SSSR count). The van der Waals surface area contributed by atoms with Crippen molar-refractivity contribution in [2.24, 2.45) is 0 Å². The highest BCUT2D eigenvalue weighted by Crippen LogP contribution is 2.18. The maximum atomic E-state index is 12.0. The van der Waals surface area contributed by atoms with Crippen molar-refractivity contribution in [2.75, 3.05) is 5.32 Å². The van der Waals surface area contributed by atoms with Crippen LogP contribution in [0.5, 0.6) is 0 Å². The molecule has 19 heavy (non-hydrogen) atoms. The fourth-order valence-electron chi connectivity index (χ4n) is 1.67. The van der Waals surface area contributed by atoms with E-state index in [1.807, 2.05) is 0 Å². The molecule has 0 atom stereocenters. The van der Waals surface area contributed by atoms with Gasteiger partial charge < -0.3 is 0 Å². The second-order valence-electron chi connectivity index (χ2n) is 3.85. The number of nitrogens with zero attached hydrogens (tertiary/aromatic N) is 3. The summed E-state index contributed by atoms with van der Waals surface area (Å²) < 4.78 is 0. The van der Waals surface area contributed by atoms with Crippen molar-refractivity contribution in [3.05, 3.63) is 47.4 Å². The van der Waals surface area contributed by atoms with Crippen LogP contribution in [0.1, 0.15) is 10.4 Å². The average Bonchev–Trinajstić information content (AvgIpc) is 2.90. The number of H-pyrrole nitrogens is 1. The Kier molecular flexibility index (Phi) is 2.85. The van der Waals surface area contributed by atoms with Gasteiger partial charge in [-0.1, -0.05) is 11.6 Å². The fourth-order valence-corrected chi connectivity index (χ4v) is 1.85. The van der Waals surface area contributed by atoms with Gasteiger partial charge in [0.25, 0.3) is 5.91 Å². The number of benzene rings is 1. The van der Waals surface area contributed by atoms with Gasteiger partial charge in [0.2, 0.25) is 5.95 Å². The number of carbonyl (C=O) groups is 1. The zero-order chi connectivity index (χ0) is 13.2. The summed E-state index contributed by atoms with van der Waals surface area (Å²) in [6.07, 6.45) is 2.82. The number of amides is 1. The number of aromatic nitrogens is 4. The molecule has 0 bridgehead atoms. The summed E-state index contributed by atoms with van der Waals surface area (Å²) >= 11 is 5.91. The number of hydrogen-bond acceptors (Lipinski definition) is 4. The Morgan fingerprint density at radius 3 is 2.95 bits per heavy atom. The number of rotatable bonds is 2. The standard InChI is InChI=1S/C12H8ClN5O/c13-9-1-2-10-7(4-9)3-8(5-14-10)11(19)17-12-15-6-16-18-12/h1-6H,(H2,15,16,17,18,19). The summed E-state index contributed by atoms with van der Waals surface area (Å²) in [6.45, 7) is 0. The quantitative estimate of drug-likeness (QED) is 0.750. The molecule has 0 radical (unpaired) electrons. The van der Waals surface area contributed by atoms with Crippen molar-refractivity contribution >= 4 is 34.4 Å². The van der Waals surface area contributed by atoms with Crippen LogP contribution in [0.3, 0.4) is 0 Å². The molecule has 0 fully saturated rings. The van der Waals surface area contributed by atoms with E-state index < -0.39 is 0 Å². The van der Waals surface area contributed by atoms with E-state index in [9.17, 15) is 4.79 Å². The zero-order valence-corrected chi connectivity index (χ0v) is 10.3. The third kappa shape index (κ3) is 2.38. The lowest BCUT2D eigenvalue weighted by Gasteiger charge is -2.03. The molecule has 2 N–H and O–H groups in total. The van der Waals surface area contributed by atoms with Gasteiger partial charge in [0.1, 0.15) is 6.33 Å². The van der Waals surface area contributed by atoms with Gasteiger partial charge >= 0.3 is 0 Å². The molecule has 1 aromatic carbocycles. The van der Waals surface area contributed by atoms with Crippen LogP contribution < -0.4 is 5.32 Å². The highest BCUT2D eigenvalue weighted by atomic mass is 35.5. The van der Waals surface area contributed by atoms with Crippen LogP contribution in [0.2, 0.25) is 5.02 Å². The van der Waals surface area contributed by atoms with Crippen molar-refractivity contribution in [2.45, 2.75) is 0 Å². The predicted molar refractivity (Wildman–Crippen MR) is 71.1 cm³/mol. The number of anilines is 1. The lowest BCUT2D eigenvalue weighted by Crippen LogP contribution is -2.13. The Morgan fingerprint density at radius 2 is 2.16 bits per heavy atom. The van der Waals surface area contributed by atoms with Crippen molar-refractivity contribution in [3.8, 4) is 0 Å². The van der Waals surface area contributed by atoms with Crippen molar-refractivity contribution in [3.63, 3.8) is 0 Å². The van der Waals surface area contributed by atoms with E-state index >= 15 is 0 Å². The predicted octanol–water partition coefficient (Wildman–Crippen LogP) is 2.26. The van der Waals surface area contributed by atoms with Crippen LogP contribution in [0.15, 0.2) is 36.8 Å². The summed E-state index contributed by atoms with van der Waals surface area (Å²) in [5, 5.41) is 10.2. The molecule has 6 nitrogen and oxygen atoms in total. The van der Waals surface area contributed by atoms with Gasteiger partial charge in [-0.15, -0.1) is 0 Å². The molecule has 0 aliphatic rings. The molecule has 0 unspecified atom stereocenters. The third-order valence-corrected chi connectivity index (χ3v) is 2.79. The number of halogens is 1. The van der Waals surface area contributed by atoms with Crippen LogP contribution in [0.25, 0.3) is 10.9 Å². The van der Waals surface area contributed by atoms with Crippen LogP contribution in [-0.4, -0.2) is 26.1 Å². The van der Waals surface area contributed by atoms with E-state index in [0.717, 1.165) is 10.9 Å². The number of carbonyl (C=O) groups excluding carboxylic acids is 1. The Bertz CT molecular complexity index is 741. The zero-order valence-electron chi connectivity index (χ0n) is 9.59. The lowest BCUT2D eigenvalue weighted by atomic mass is 10.1. The molecule has 0 spiro atoms. The van der Waals surface area contributed by atoms with Gasteiger partial charge in [-0.2, -0.15) is 10.1 Å². The summed E-state index contributed by atoms with van der Waals surface area (Å²) in [6, 6.07) is 7.04.